The minimum atomic E-state index is 0.661. The summed E-state index contributed by atoms with van der Waals surface area (Å²) in [6, 6.07) is 8.81. The van der Waals surface area contributed by atoms with E-state index < -0.39 is 0 Å². The molecule has 0 bridgehead atoms. The van der Waals surface area contributed by atoms with Gasteiger partial charge in [0, 0.05) is 37.6 Å². The predicted molar refractivity (Wildman–Crippen MR) is 75.1 cm³/mol. The third-order valence-corrected chi connectivity index (χ3v) is 4.74. The van der Waals surface area contributed by atoms with Gasteiger partial charge in [-0.3, -0.25) is 4.90 Å². The smallest absolute Gasteiger partial charge is 0.0611 e. The zero-order valence-corrected chi connectivity index (χ0v) is 11.4. The van der Waals surface area contributed by atoms with Crippen molar-refractivity contribution in [2.45, 2.75) is 16.7 Å². The Morgan fingerprint density at radius 3 is 2.72 bits per heavy atom. The van der Waals surface area contributed by atoms with Gasteiger partial charge in [-0.1, -0.05) is 18.2 Å². The molecule has 0 aliphatic carbocycles. The van der Waals surface area contributed by atoms with Gasteiger partial charge in [0.25, 0.3) is 0 Å². The van der Waals surface area contributed by atoms with E-state index in [1.165, 1.54) is 10.5 Å². The van der Waals surface area contributed by atoms with E-state index in [0.29, 0.717) is 5.25 Å². The monoisotopic (exact) mass is 264 g/mol. The minimum absolute atomic E-state index is 0.661. The summed E-state index contributed by atoms with van der Waals surface area (Å²) in [5.41, 5.74) is 1.47. The fourth-order valence-electron chi connectivity index (χ4n) is 2.32. The van der Waals surface area contributed by atoms with Crippen LogP contribution in [-0.2, 0) is 11.3 Å². The molecule has 1 N–H and O–H groups in total. The molecule has 0 amide bonds. The molecule has 0 radical (unpaired) electrons. The first kappa shape index (κ1) is 12.5. The van der Waals surface area contributed by atoms with Crippen LogP contribution in [0, 0.1) is 0 Å². The first-order valence-corrected chi connectivity index (χ1v) is 7.55. The second-order valence-electron chi connectivity index (χ2n) is 4.91. The molecule has 2 aliphatic rings. The van der Waals surface area contributed by atoms with Crippen molar-refractivity contribution in [3.63, 3.8) is 0 Å². The summed E-state index contributed by atoms with van der Waals surface area (Å²) >= 11 is 1.98. The number of rotatable bonds is 4. The standard InChI is InChI=1S/C14H20N2OS/c1-2-4-14(18-13-10-17-11-13)12(3-1)9-16-7-5-15-6-8-16/h1-4,13,15H,5-11H2. The van der Waals surface area contributed by atoms with Gasteiger partial charge in [-0.25, -0.2) is 0 Å². The Balaban J connectivity index is 1.65. The lowest BCUT2D eigenvalue weighted by Gasteiger charge is -2.29. The van der Waals surface area contributed by atoms with Crippen LogP contribution in [0.4, 0.5) is 0 Å². The Bertz CT molecular complexity index is 389. The molecule has 98 valence electrons. The van der Waals surface area contributed by atoms with Crippen LogP contribution in [0.2, 0.25) is 0 Å². The zero-order valence-electron chi connectivity index (χ0n) is 10.6. The van der Waals surface area contributed by atoms with Crippen LogP contribution in [0.5, 0.6) is 0 Å². The van der Waals surface area contributed by atoms with Gasteiger partial charge in [0.15, 0.2) is 0 Å². The lowest BCUT2D eigenvalue weighted by Crippen LogP contribution is -2.43. The molecular formula is C14H20N2OS. The van der Waals surface area contributed by atoms with Gasteiger partial charge in [-0.15, -0.1) is 11.8 Å². The highest BCUT2D eigenvalue weighted by Gasteiger charge is 2.21. The molecule has 3 rings (SSSR count). The first-order chi connectivity index (χ1) is 8.92. The second kappa shape index (κ2) is 6.06. The van der Waals surface area contributed by atoms with Gasteiger partial charge in [0.05, 0.1) is 18.5 Å². The van der Waals surface area contributed by atoms with E-state index in [1.807, 2.05) is 11.8 Å². The number of piperazine rings is 1. The van der Waals surface area contributed by atoms with Crippen LogP contribution in [0.25, 0.3) is 0 Å². The summed E-state index contributed by atoms with van der Waals surface area (Å²) in [6.07, 6.45) is 0. The van der Waals surface area contributed by atoms with Crippen molar-refractivity contribution in [1.29, 1.82) is 0 Å². The summed E-state index contributed by atoms with van der Waals surface area (Å²) in [7, 11) is 0. The summed E-state index contributed by atoms with van der Waals surface area (Å²) in [4.78, 5) is 3.97. The molecule has 0 spiro atoms. The topological polar surface area (TPSA) is 24.5 Å². The largest absolute Gasteiger partial charge is 0.379 e. The Kier molecular flexibility index (Phi) is 4.20. The van der Waals surface area contributed by atoms with E-state index >= 15 is 0 Å². The zero-order chi connectivity index (χ0) is 12.2. The molecule has 3 nitrogen and oxygen atoms in total. The molecule has 4 heteroatoms. The van der Waals surface area contributed by atoms with E-state index in [4.69, 9.17) is 4.74 Å². The van der Waals surface area contributed by atoms with Crippen LogP contribution < -0.4 is 5.32 Å². The molecule has 2 saturated heterocycles. The van der Waals surface area contributed by atoms with Crippen molar-refractivity contribution in [3.8, 4) is 0 Å². The normalized spacial score (nSPS) is 21.8. The Morgan fingerprint density at radius 2 is 2.00 bits per heavy atom. The highest BCUT2D eigenvalue weighted by atomic mass is 32.2. The van der Waals surface area contributed by atoms with Crippen molar-refractivity contribution >= 4 is 11.8 Å². The highest BCUT2D eigenvalue weighted by molar-refractivity contribution is 8.00. The Morgan fingerprint density at radius 1 is 1.22 bits per heavy atom. The maximum Gasteiger partial charge on any atom is 0.0611 e. The fraction of sp³-hybridized carbons (Fsp3) is 0.571. The molecule has 0 aromatic heterocycles. The summed E-state index contributed by atoms with van der Waals surface area (Å²) in [5.74, 6) is 0. The van der Waals surface area contributed by atoms with Gasteiger partial charge in [-0.05, 0) is 11.6 Å². The molecule has 2 aliphatic heterocycles. The third kappa shape index (κ3) is 3.06. The van der Waals surface area contributed by atoms with Crippen molar-refractivity contribution in [1.82, 2.24) is 10.2 Å². The van der Waals surface area contributed by atoms with Gasteiger partial charge >= 0.3 is 0 Å². The van der Waals surface area contributed by atoms with Crippen LogP contribution in [0.3, 0.4) is 0 Å². The lowest BCUT2D eigenvalue weighted by molar-refractivity contribution is 0.0455. The summed E-state index contributed by atoms with van der Waals surface area (Å²) in [5, 5.41) is 4.06. The summed E-state index contributed by atoms with van der Waals surface area (Å²) < 4.78 is 5.26. The van der Waals surface area contributed by atoms with Gasteiger partial charge in [0.1, 0.15) is 0 Å². The molecule has 1 aromatic carbocycles. The number of nitrogens with zero attached hydrogens (tertiary/aromatic N) is 1. The Labute approximate surface area is 113 Å². The molecular weight excluding hydrogens is 244 g/mol. The van der Waals surface area contributed by atoms with Gasteiger partial charge < -0.3 is 10.1 Å². The lowest BCUT2D eigenvalue weighted by atomic mass is 10.2. The van der Waals surface area contributed by atoms with Crippen LogP contribution in [0.15, 0.2) is 29.2 Å². The van der Waals surface area contributed by atoms with Crippen molar-refractivity contribution in [3.05, 3.63) is 29.8 Å². The second-order valence-corrected chi connectivity index (χ2v) is 6.25. The molecule has 2 heterocycles. The molecule has 1 aromatic rings. The van der Waals surface area contributed by atoms with E-state index in [2.05, 4.69) is 34.5 Å². The van der Waals surface area contributed by atoms with E-state index in [9.17, 15) is 0 Å². The maximum atomic E-state index is 5.26. The number of thioether (sulfide) groups is 1. The number of benzene rings is 1. The molecule has 2 fully saturated rings. The average molecular weight is 264 g/mol. The number of ether oxygens (including phenoxy) is 1. The first-order valence-electron chi connectivity index (χ1n) is 6.67. The summed E-state index contributed by atoms with van der Waals surface area (Å²) in [6.45, 7) is 7.45. The van der Waals surface area contributed by atoms with E-state index in [1.54, 1.807) is 0 Å². The maximum absolute atomic E-state index is 5.26. The van der Waals surface area contributed by atoms with Gasteiger partial charge in [-0.2, -0.15) is 0 Å². The van der Waals surface area contributed by atoms with Crippen molar-refractivity contribution in [2.24, 2.45) is 0 Å². The third-order valence-electron chi connectivity index (χ3n) is 3.48. The van der Waals surface area contributed by atoms with Crippen molar-refractivity contribution < 1.29 is 4.74 Å². The molecule has 0 unspecified atom stereocenters. The number of nitrogens with one attached hydrogen (secondary N) is 1. The highest BCUT2D eigenvalue weighted by Crippen LogP contribution is 2.31. The van der Waals surface area contributed by atoms with E-state index in [-0.39, 0.29) is 0 Å². The fourth-order valence-corrected chi connectivity index (χ4v) is 3.45. The predicted octanol–water partition coefficient (Wildman–Crippen LogP) is 1.58. The van der Waals surface area contributed by atoms with Crippen molar-refractivity contribution in [2.75, 3.05) is 39.4 Å². The molecule has 0 saturated carbocycles. The molecule has 18 heavy (non-hydrogen) atoms. The van der Waals surface area contributed by atoms with Crippen LogP contribution in [0.1, 0.15) is 5.56 Å². The Hall–Kier alpha value is -0.550. The van der Waals surface area contributed by atoms with Gasteiger partial charge in [0.2, 0.25) is 0 Å². The van der Waals surface area contributed by atoms with E-state index in [0.717, 1.165) is 45.9 Å². The number of hydrogen-bond acceptors (Lipinski definition) is 4. The molecule has 0 atom stereocenters. The average Bonchev–Trinajstić information content (AvgIpc) is 2.37. The SMILES string of the molecule is c1ccc(SC2COC2)c(CN2CCNCC2)c1. The minimum Gasteiger partial charge on any atom is -0.379 e. The quantitative estimate of drug-likeness (QED) is 0.892. The van der Waals surface area contributed by atoms with Crippen LogP contribution in [-0.4, -0.2) is 49.5 Å². The number of hydrogen-bond donors (Lipinski definition) is 1. The van der Waals surface area contributed by atoms with Crippen LogP contribution >= 0.6 is 11.8 Å².